The lowest BCUT2D eigenvalue weighted by Crippen LogP contribution is -2.33. The van der Waals surface area contributed by atoms with Crippen LogP contribution in [0.15, 0.2) is 66.7 Å². The van der Waals surface area contributed by atoms with Gasteiger partial charge in [0.05, 0.1) is 5.52 Å². The third-order valence-corrected chi connectivity index (χ3v) is 6.74. The topological polar surface area (TPSA) is 95.7 Å². The molecule has 8 heteroatoms. The number of nitrogens with zero attached hydrogens (tertiary/aromatic N) is 5. The van der Waals surface area contributed by atoms with E-state index in [-0.39, 0.29) is 23.5 Å². The minimum Gasteiger partial charge on any atom is -0.368 e. The van der Waals surface area contributed by atoms with Crippen LogP contribution in [0.4, 0.5) is 5.95 Å². The molecule has 0 atom stereocenters. The molecule has 0 unspecified atom stereocenters. The molecule has 8 nitrogen and oxygen atoms in total. The Labute approximate surface area is 216 Å². The van der Waals surface area contributed by atoms with Crippen LogP contribution in [0, 0.1) is 0 Å². The zero-order valence-corrected chi connectivity index (χ0v) is 21.3. The van der Waals surface area contributed by atoms with Gasteiger partial charge in [-0.15, -0.1) is 0 Å². The van der Waals surface area contributed by atoms with Gasteiger partial charge in [0.15, 0.2) is 0 Å². The molecule has 5 rings (SSSR count). The highest BCUT2D eigenvalue weighted by atomic mass is 16.2. The molecule has 1 aliphatic heterocycles. The summed E-state index contributed by atoms with van der Waals surface area (Å²) in [6, 6.07) is 21.2. The minimum atomic E-state index is -0.194. The molecule has 1 aromatic heterocycles. The zero-order chi connectivity index (χ0) is 26.1. The number of carbonyl (C=O) groups is 2. The van der Waals surface area contributed by atoms with E-state index in [2.05, 4.69) is 9.97 Å². The highest BCUT2D eigenvalue weighted by molar-refractivity contribution is 6.07. The molecule has 0 saturated heterocycles. The molecule has 1 aliphatic rings. The molecule has 188 valence electrons. The first kappa shape index (κ1) is 24.4. The van der Waals surface area contributed by atoms with Crippen molar-refractivity contribution in [2.24, 2.45) is 0 Å². The predicted molar refractivity (Wildman–Crippen MR) is 145 cm³/mol. The summed E-state index contributed by atoms with van der Waals surface area (Å²) >= 11 is 0. The van der Waals surface area contributed by atoms with E-state index in [0.717, 1.165) is 28.8 Å². The van der Waals surface area contributed by atoms with Crippen LogP contribution >= 0.6 is 0 Å². The van der Waals surface area contributed by atoms with Crippen LogP contribution in [0.25, 0.3) is 22.0 Å². The Hall–Kier alpha value is -4.30. The van der Waals surface area contributed by atoms with E-state index < -0.39 is 0 Å². The molecule has 2 N–H and O–H groups in total. The average molecular weight is 495 g/mol. The van der Waals surface area contributed by atoms with Crippen molar-refractivity contribution in [3.8, 4) is 11.1 Å². The molecular weight excluding hydrogens is 464 g/mol. The number of benzene rings is 3. The van der Waals surface area contributed by atoms with E-state index in [1.165, 1.54) is 0 Å². The molecule has 37 heavy (non-hydrogen) atoms. The lowest BCUT2D eigenvalue weighted by atomic mass is 9.97. The second-order valence-electron chi connectivity index (χ2n) is 9.67. The van der Waals surface area contributed by atoms with Crippen molar-refractivity contribution in [1.82, 2.24) is 24.7 Å². The highest BCUT2D eigenvalue weighted by Crippen LogP contribution is 2.31. The van der Waals surface area contributed by atoms with Crippen molar-refractivity contribution in [2.75, 3.05) is 40.0 Å². The highest BCUT2D eigenvalue weighted by Gasteiger charge is 2.27. The molecular formula is C29H30N6O2. The number of rotatable bonds is 6. The first-order valence-corrected chi connectivity index (χ1v) is 12.2. The minimum absolute atomic E-state index is 0.0541. The Balaban J connectivity index is 1.52. The summed E-state index contributed by atoms with van der Waals surface area (Å²) in [6.07, 6.45) is 0. The Morgan fingerprint density at radius 2 is 1.57 bits per heavy atom. The Morgan fingerprint density at radius 3 is 2.27 bits per heavy atom. The standard InChI is InChI=1S/C29H30N6O2/c1-33(2)14-15-34(3)27(36)23-11-7-6-10-22(23)19-12-13-25-24(16-19)26(32-29(30)31-25)28(37)35-17-20-8-4-5-9-21(20)18-35/h4-13,16H,14-15,17-18H2,1-3H3,(H2,30,31,32). The number of carbonyl (C=O) groups excluding carboxylic acids is 2. The fourth-order valence-electron chi connectivity index (χ4n) is 4.68. The van der Waals surface area contributed by atoms with Gasteiger partial charge < -0.3 is 20.4 Å². The molecule has 0 aliphatic carbocycles. The second-order valence-corrected chi connectivity index (χ2v) is 9.67. The third-order valence-electron chi connectivity index (χ3n) is 6.74. The van der Waals surface area contributed by atoms with Crippen molar-refractivity contribution >= 4 is 28.7 Å². The van der Waals surface area contributed by atoms with Crippen LogP contribution in [-0.4, -0.2) is 70.7 Å². The summed E-state index contributed by atoms with van der Waals surface area (Å²) in [5, 5.41) is 0.607. The predicted octanol–water partition coefficient (Wildman–Crippen LogP) is 3.67. The number of nitrogens with two attached hydrogens (primary N) is 1. The normalized spacial score (nSPS) is 12.7. The van der Waals surface area contributed by atoms with Gasteiger partial charge in [-0.25, -0.2) is 9.97 Å². The second kappa shape index (κ2) is 9.99. The molecule has 0 saturated carbocycles. The lowest BCUT2D eigenvalue weighted by molar-refractivity contribution is 0.0746. The van der Waals surface area contributed by atoms with E-state index in [1.807, 2.05) is 92.8 Å². The SMILES string of the molecule is CN(C)CCN(C)C(=O)c1ccccc1-c1ccc2nc(N)nc(C(=O)N3Cc4ccccc4C3)c2c1. The van der Waals surface area contributed by atoms with E-state index in [1.54, 1.807) is 9.80 Å². The summed E-state index contributed by atoms with van der Waals surface area (Å²) < 4.78 is 0. The van der Waals surface area contributed by atoms with E-state index in [0.29, 0.717) is 36.1 Å². The fourth-order valence-corrected chi connectivity index (χ4v) is 4.68. The first-order chi connectivity index (χ1) is 17.8. The van der Waals surface area contributed by atoms with Gasteiger partial charge >= 0.3 is 0 Å². The quantitative estimate of drug-likeness (QED) is 0.440. The molecule has 2 heterocycles. The molecule has 0 fully saturated rings. The maximum Gasteiger partial charge on any atom is 0.273 e. The Morgan fingerprint density at radius 1 is 0.892 bits per heavy atom. The lowest BCUT2D eigenvalue weighted by Gasteiger charge is -2.21. The van der Waals surface area contributed by atoms with Crippen molar-refractivity contribution < 1.29 is 9.59 Å². The van der Waals surface area contributed by atoms with Crippen LogP contribution in [-0.2, 0) is 13.1 Å². The van der Waals surface area contributed by atoms with Crippen molar-refractivity contribution in [2.45, 2.75) is 13.1 Å². The third kappa shape index (κ3) is 4.88. The molecule has 0 radical (unpaired) electrons. The van der Waals surface area contributed by atoms with E-state index in [4.69, 9.17) is 5.73 Å². The van der Waals surface area contributed by atoms with Crippen LogP contribution in [0.3, 0.4) is 0 Å². The first-order valence-electron chi connectivity index (χ1n) is 12.2. The number of amides is 2. The average Bonchev–Trinajstić information content (AvgIpc) is 3.34. The summed E-state index contributed by atoms with van der Waals surface area (Å²) in [6.45, 7) is 2.43. The Bertz CT molecular complexity index is 1470. The van der Waals surface area contributed by atoms with Gasteiger partial charge in [0.25, 0.3) is 11.8 Å². The smallest absolute Gasteiger partial charge is 0.273 e. The summed E-state index contributed by atoms with van der Waals surface area (Å²) in [7, 11) is 5.77. The molecule has 0 bridgehead atoms. The largest absolute Gasteiger partial charge is 0.368 e. The van der Waals surface area contributed by atoms with Crippen molar-refractivity contribution in [3.63, 3.8) is 0 Å². The van der Waals surface area contributed by atoms with E-state index in [9.17, 15) is 9.59 Å². The number of fused-ring (bicyclic) bond motifs is 2. The molecule has 4 aromatic rings. The van der Waals surface area contributed by atoms with Gasteiger partial charge in [-0.1, -0.05) is 48.5 Å². The van der Waals surface area contributed by atoms with Gasteiger partial charge in [0, 0.05) is 44.2 Å². The summed E-state index contributed by atoms with van der Waals surface area (Å²) in [5.74, 6) is -0.198. The van der Waals surface area contributed by atoms with Gasteiger partial charge in [-0.3, -0.25) is 9.59 Å². The maximum atomic E-state index is 13.6. The Kier molecular flexibility index (Phi) is 6.58. The van der Waals surface area contributed by atoms with Crippen molar-refractivity contribution in [3.05, 3.63) is 89.1 Å². The maximum absolute atomic E-state index is 13.6. The van der Waals surface area contributed by atoms with Crippen LogP contribution in [0.5, 0.6) is 0 Å². The molecule has 2 amide bonds. The van der Waals surface area contributed by atoms with Crippen LogP contribution in [0.2, 0.25) is 0 Å². The number of anilines is 1. The van der Waals surface area contributed by atoms with Gasteiger partial charge in [-0.2, -0.15) is 0 Å². The monoisotopic (exact) mass is 494 g/mol. The van der Waals surface area contributed by atoms with Crippen LogP contribution < -0.4 is 5.73 Å². The number of likely N-dealkylation sites (N-methyl/N-ethyl adjacent to an activating group) is 2. The van der Waals surface area contributed by atoms with Gasteiger partial charge in [0.1, 0.15) is 5.69 Å². The van der Waals surface area contributed by atoms with Crippen LogP contribution in [0.1, 0.15) is 32.0 Å². The number of hydrogen-bond acceptors (Lipinski definition) is 6. The summed E-state index contributed by atoms with van der Waals surface area (Å²) in [5.41, 5.74) is 11.3. The zero-order valence-electron chi connectivity index (χ0n) is 21.3. The number of aromatic nitrogens is 2. The molecule has 3 aromatic carbocycles. The van der Waals surface area contributed by atoms with E-state index >= 15 is 0 Å². The van der Waals surface area contributed by atoms with Crippen molar-refractivity contribution in [1.29, 1.82) is 0 Å². The molecule has 0 spiro atoms. The number of nitrogen functional groups attached to an aromatic ring is 1. The number of hydrogen-bond donors (Lipinski definition) is 1. The summed E-state index contributed by atoms with van der Waals surface area (Å²) in [4.78, 5) is 41.2. The fraction of sp³-hybridized carbons (Fsp3) is 0.241. The van der Waals surface area contributed by atoms with Gasteiger partial charge in [0.2, 0.25) is 5.95 Å². The van der Waals surface area contributed by atoms with Gasteiger partial charge in [-0.05, 0) is 54.5 Å².